The van der Waals surface area contributed by atoms with Crippen LogP contribution in [0.4, 0.5) is 5.13 Å². The lowest BCUT2D eigenvalue weighted by molar-refractivity contribution is 0.102. The second kappa shape index (κ2) is 8.77. The maximum Gasteiger partial charge on any atom is 0.257 e. The SMILES string of the molecule is CC(C)Oc1cc(C(=O)Nc2nccs2)cc(OCCc2ccsc2)n1. The number of thiazole rings is 1. The maximum atomic E-state index is 12.5. The summed E-state index contributed by atoms with van der Waals surface area (Å²) in [5, 5.41) is 9.21. The molecule has 6 nitrogen and oxygen atoms in total. The van der Waals surface area contributed by atoms with Crippen molar-refractivity contribution < 1.29 is 14.3 Å². The second-order valence-corrected chi connectivity index (χ2v) is 7.39. The van der Waals surface area contributed by atoms with Crippen LogP contribution in [0.5, 0.6) is 11.8 Å². The summed E-state index contributed by atoms with van der Waals surface area (Å²) in [6.45, 7) is 4.28. The van der Waals surface area contributed by atoms with Gasteiger partial charge >= 0.3 is 0 Å². The first kappa shape index (κ1) is 18.3. The van der Waals surface area contributed by atoms with Gasteiger partial charge in [0.05, 0.1) is 18.3 Å². The van der Waals surface area contributed by atoms with E-state index in [0.29, 0.717) is 29.1 Å². The van der Waals surface area contributed by atoms with Gasteiger partial charge in [0.2, 0.25) is 11.8 Å². The molecule has 0 aromatic carbocycles. The monoisotopic (exact) mass is 389 g/mol. The molecule has 136 valence electrons. The minimum absolute atomic E-state index is 0.0570. The summed E-state index contributed by atoms with van der Waals surface area (Å²) in [5.41, 5.74) is 1.63. The number of rotatable bonds is 8. The Balaban J connectivity index is 1.73. The molecular formula is C18H19N3O3S2. The molecule has 0 atom stereocenters. The summed E-state index contributed by atoms with van der Waals surface area (Å²) in [6, 6.07) is 5.28. The van der Waals surface area contributed by atoms with Crippen molar-refractivity contribution in [3.8, 4) is 11.8 Å². The van der Waals surface area contributed by atoms with E-state index in [4.69, 9.17) is 9.47 Å². The maximum absolute atomic E-state index is 12.5. The molecule has 0 fully saturated rings. The van der Waals surface area contributed by atoms with E-state index in [2.05, 4.69) is 26.7 Å². The first-order chi connectivity index (χ1) is 12.6. The molecular weight excluding hydrogens is 370 g/mol. The van der Waals surface area contributed by atoms with Crippen LogP contribution in [0.3, 0.4) is 0 Å². The molecule has 0 radical (unpaired) electrons. The lowest BCUT2D eigenvalue weighted by atomic mass is 10.2. The van der Waals surface area contributed by atoms with E-state index in [9.17, 15) is 4.79 Å². The fourth-order valence-corrected chi connectivity index (χ4v) is 3.38. The van der Waals surface area contributed by atoms with E-state index in [0.717, 1.165) is 6.42 Å². The molecule has 0 aliphatic carbocycles. The summed E-state index contributed by atoms with van der Waals surface area (Å²) >= 11 is 3.01. The van der Waals surface area contributed by atoms with Gasteiger partial charge in [0.15, 0.2) is 5.13 Å². The van der Waals surface area contributed by atoms with Crippen molar-refractivity contribution in [1.82, 2.24) is 9.97 Å². The van der Waals surface area contributed by atoms with Crippen molar-refractivity contribution in [3.05, 3.63) is 51.7 Å². The number of nitrogens with one attached hydrogen (secondary N) is 1. The molecule has 3 aromatic rings. The molecule has 0 saturated heterocycles. The Morgan fingerprint density at radius 3 is 2.81 bits per heavy atom. The molecule has 0 bridgehead atoms. The third-order valence-electron chi connectivity index (χ3n) is 3.27. The van der Waals surface area contributed by atoms with E-state index < -0.39 is 0 Å². The number of hydrogen-bond acceptors (Lipinski definition) is 7. The normalized spacial score (nSPS) is 10.7. The van der Waals surface area contributed by atoms with Crippen molar-refractivity contribution in [2.45, 2.75) is 26.4 Å². The molecule has 3 aromatic heterocycles. The summed E-state index contributed by atoms with van der Waals surface area (Å²) < 4.78 is 11.4. The first-order valence-corrected chi connectivity index (χ1v) is 9.96. The molecule has 3 heterocycles. The van der Waals surface area contributed by atoms with Crippen molar-refractivity contribution in [2.24, 2.45) is 0 Å². The van der Waals surface area contributed by atoms with Gasteiger partial charge in [-0.05, 0) is 36.2 Å². The van der Waals surface area contributed by atoms with Gasteiger partial charge in [0, 0.05) is 30.1 Å². The predicted molar refractivity (Wildman–Crippen MR) is 104 cm³/mol. The van der Waals surface area contributed by atoms with Gasteiger partial charge < -0.3 is 9.47 Å². The Labute approximate surface area is 159 Å². The van der Waals surface area contributed by atoms with Gasteiger partial charge in [-0.25, -0.2) is 4.98 Å². The van der Waals surface area contributed by atoms with Crippen LogP contribution >= 0.6 is 22.7 Å². The molecule has 1 amide bonds. The van der Waals surface area contributed by atoms with Gasteiger partial charge in [0.1, 0.15) is 0 Å². The molecule has 3 rings (SSSR count). The van der Waals surface area contributed by atoms with Crippen LogP contribution in [-0.2, 0) is 6.42 Å². The van der Waals surface area contributed by atoms with Crippen molar-refractivity contribution in [2.75, 3.05) is 11.9 Å². The number of ether oxygens (including phenoxy) is 2. The van der Waals surface area contributed by atoms with Crippen molar-refractivity contribution in [1.29, 1.82) is 0 Å². The first-order valence-electron chi connectivity index (χ1n) is 8.13. The van der Waals surface area contributed by atoms with Crippen LogP contribution in [0.15, 0.2) is 40.5 Å². The largest absolute Gasteiger partial charge is 0.477 e. The number of anilines is 1. The molecule has 0 aliphatic heterocycles. The Kier molecular flexibility index (Phi) is 6.19. The Hall–Kier alpha value is -2.45. The van der Waals surface area contributed by atoms with Crippen molar-refractivity contribution in [3.63, 3.8) is 0 Å². The van der Waals surface area contributed by atoms with Gasteiger partial charge in [0.25, 0.3) is 5.91 Å². The number of pyridine rings is 1. The van der Waals surface area contributed by atoms with Crippen LogP contribution in [0.2, 0.25) is 0 Å². The number of thiophene rings is 1. The minimum Gasteiger partial charge on any atom is -0.477 e. The molecule has 0 spiro atoms. The number of aromatic nitrogens is 2. The molecule has 0 unspecified atom stereocenters. The van der Waals surface area contributed by atoms with Gasteiger partial charge in [-0.15, -0.1) is 11.3 Å². The average Bonchev–Trinajstić information content (AvgIpc) is 3.28. The molecule has 0 saturated carbocycles. The summed E-state index contributed by atoms with van der Waals surface area (Å²) in [6.07, 6.45) is 2.36. The topological polar surface area (TPSA) is 73.3 Å². The van der Waals surface area contributed by atoms with Crippen LogP contribution < -0.4 is 14.8 Å². The highest BCUT2D eigenvalue weighted by Gasteiger charge is 2.14. The molecule has 0 aliphatic rings. The third-order valence-corrected chi connectivity index (χ3v) is 4.69. The Morgan fingerprint density at radius 1 is 1.27 bits per heavy atom. The van der Waals surface area contributed by atoms with E-state index in [-0.39, 0.29) is 12.0 Å². The zero-order chi connectivity index (χ0) is 18.4. The molecule has 26 heavy (non-hydrogen) atoms. The zero-order valence-corrected chi connectivity index (χ0v) is 16.1. The minimum atomic E-state index is -0.279. The second-order valence-electron chi connectivity index (χ2n) is 5.72. The standard InChI is InChI=1S/C18H19N3O3S2/c1-12(2)24-16-10-14(17(22)21-18-19-5-8-26-18)9-15(20-16)23-6-3-13-4-7-25-11-13/h4-5,7-12H,3,6H2,1-2H3,(H,19,21,22). The van der Waals surface area contributed by atoms with E-state index >= 15 is 0 Å². The van der Waals surface area contributed by atoms with E-state index in [1.807, 2.05) is 19.2 Å². The number of carbonyl (C=O) groups is 1. The van der Waals surface area contributed by atoms with Crippen LogP contribution in [0.1, 0.15) is 29.8 Å². The number of amides is 1. The van der Waals surface area contributed by atoms with Crippen LogP contribution in [0.25, 0.3) is 0 Å². The highest BCUT2D eigenvalue weighted by atomic mass is 32.1. The van der Waals surface area contributed by atoms with Crippen molar-refractivity contribution >= 4 is 33.7 Å². The molecule has 1 N–H and O–H groups in total. The fourth-order valence-electron chi connectivity index (χ4n) is 2.15. The summed E-state index contributed by atoms with van der Waals surface area (Å²) in [4.78, 5) is 20.9. The number of nitrogens with zero attached hydrogens (tertiary/aromatic N) is 2. The van der Waals surface area contributed by atoms with Gasteiger partial charge in [-0.1, -0.05) is 0 Å². The predicted octanol–water partition coefficient (Wildman–Crippen LogP) is 4.26. The third kappa shape index (κ3) is 5.27. The lowest BCUT2D eigenvalue weighted by Crippen LogP contribution is -2.14. The van der Waals surface area contributed by atoms with Crippen LogP contribution in [-0.4, -0.2) is 28.6 Å². The molecule has 8 heteroatoms. The van der Waals surface area contributed by atoms with Crippen LogP contribution in [0, 0.1) is 0 Å². The fraction of sp³-hybridized carbons (Fsp3) is 0.278. The lowest BCUT2D eigenvalue weighted by Gasteiger charge is -2.12. The highest BCUT2D eigenvalue weighted by molar-refractivity contribution is 7.13. The number of carbonyl (C=O) groups excluding carboxylic acids is 1. The smallest absolute Gasteiger partial charge is 0.257 e. The zero-order valence-electron chi connectivity index (χ0n) is 14.5. The number of hydrogen-bond donors (Lipinski definition) is 1. The highest BCUT2D eigenvalue weighted by Crippen LogP contribution is 2.21. The summed E-state index contributed by atoms with van der Waals surface area (Å²) in [7, 11) is 0. The summed E-state index contributed by atoms with van der Waals surface area (Å²) in [5.74, 6) is 0.443. The van der Waals surface area contributed by atoms with Gasteiger partial charge in [-0.2, -0.15) is 16.3 Å². The van der Waals surface area contributed by atoms with E-state index in [1.54, 1.807) is 35.0 Å². The Bertz CT molecular complexity index is 834. The van der Waals surface area contributed by atoms with Gasteiger partial charge in [-0.3, -0.25) is 10.1 Å². The quantitative estimate of drug-likeness (QED) is 0.623. The van der Waals surface area contributed by atoms with E-state index in [1.165, 1.54) is 16.9 Å². The Morgan fingerprint density at radius 2 is 2.12 bits per heavy atom. The average molecular weight is 390 g/mol.